The molecule has 0 fully saturated rings. The van der Waals surface area contributed by atoms with Crippen molar-refractivity contribution in [3.05, 3.63) is 35.4 Å². The van der Waals surface area contributed by atoms with Gasteiger partial charge in [0.25, 0.3) is 0 Å². The van der Waals surface area contributed by atoms with Crippen LogP contribution in [-0.4, -0.2) is 30.2 Å². The van der Waals surface area contributed by atoms with Crippen LogP contribution in [-0.2, 0) is 19.7 Å². The Morgan fingerprint density at radius 3 is 2.33 bits per heavy atom. The first-order valence-electron chi connectivity index (χ1n) is 8.43. The standard InChI is InChI=1S/C19H29NO4/c1-5-24-12-6-7-17(21)20-16(13-18(22)23)14-8-10-15(11-9-14)19(2,3)4/h8-11,16H,5-7,12-13H2,1-4H3,(H,20,21)(H,22,23). The van der Waals surface area contributed by atoms with Gasteiger partial charge in [0.2, 0.25) is 5.91 Å². The predicted octanol–water partition coefficient (Wildman–Crippen LogP) is 3.43. The zero-order valence-electron chi connectivity index (χ0n) is 15.1. The fourth-order valence-electron chi connectivity index (χ4n) is 2.39. The highest BCUT2D eigenvalue weighted by atomic mass is 16.5. The lowest BCUT2D eigenvalue weighted by Gasteiger charge is -2.22. The lowest BCUT2D eigenvalue weighted by molar-refractivity contribution is -0.137. The van der Waals surface area contributed by atoms with Crippen molar-refractivity contribution in [1.29, 1.82) is 0 Å². The summed E-state index contributed by atoms with van der Waals surface area (Å²) in [6, 6.07) is 7.26. The van der Waals surface area contributed by atoms with Crippen LogP contribution in [0, 0.1) is 0 Å². The largest absolute Gasteiger partial charge is 0.481 e. The highest BCUT2D eigenvalue weighted by Gasteiger charge is 2.19. The Bertz CT molecular complexity index is 531. The molecule has 0 saturated heterocycles. The minimum atomic E-state index is -0.936. The van der Waals surface area contributed by atoms with Gasteiger partial charge < -0.3 is 15.2 Å². The van der Waals surface area contributed by atoms with Gasteiger partial charge in [-0.1, -0.05) is 45.0 Å². The van der Waals surface area contributed by atoms with Crippen molar-refractivity contribution in [3.8, 4) is 0 Å². The predicted molar refractivity (Wildman–Crippen MR) is 94.0 cm³/mol. The molecule has 24 heavy (non-hydrogen) atoms. The van der Waals surface area contributed by atoms with E-state index in [2.05, 4.69) is 26.1 Å². The van der Waals surface area contributed by atoms with Gasteiger partial charge in [0.15, 0.2) is 0 Å². The molecule has 0 aliphatic rings. The third-order valence-corrected chi connectivity index (χ3v) is 3.79. The smallest absolute Gasteiger partial charge is 0.305 e. The number of amides is 1. The van der Waals surface area contributed by atoms with Crippen LogP contribution in [0.2, 0.25) is 0 Å². The number of carbonyl (C=O) groups excluding carboxylic acids is 1. The maximum atomic E-state index is 12.0. The summed E-state index contributed by atoms with van der Waals surface area (Å²) >= 11 is 0. The molecular formula is C19H29NO4. The summed E-state index contributed by atoms with van der Waals surface area (Å²) in [5.74, 6) is -1.09. The van der Waals surface area contributed by atoms with Crippen LogP contribution >= 0.6 is 0 Å². The number of hydrogen-bond acceptors (Lipinski definition) is 3. The molecule has 0 saturated carbocycles. The van der Waals surface area contributed by atoms with Crippen molar-refractivity contribution in [1.82, 2.24) is 5.32 Å². The lowest BCUT2D eigenvalue weighted by Crippen LogP contribution is -2.30. The third-order valence-electron chi connectivity index (χ3n) is 3.79. The molecule has 0 aliphatic carbocycles. The van der Waals surface area contributed by atoms with Gasteiger partial charge in [-0.3, -0.25) is 9.59 Å². The molecule has 0 spiro atoms. The van der Waals surface area contributed by atoms with Crippen molar-refractivity contribution in [2.24, 2.45) is 0 Å². The molecule has 1 aromatic rings. The van der Waals surface area contributed by atoms with Crippen LogP contribution in [0.3, 0.4) is 0 Å². The van der Waals surface area contributed by atoms with Gasteiger partial charge in [-0.2, -0.15) is 0 Å². The first kappa shape index (κ1) is 20.2. The van der Waals surface area contributed by atoms with E-state index in [0.717, 1.165) is 5.56 Å². The molecule has 5 nitrogen and oxygen atoms in total. The van der Waals surface area contributed by atoms with Gasteiger partial charge in [0.1, 0.15) is 0 Å². The molecule has 5 heteroatoms. The first-order chi connectivity index (χ1) is 11.2. The lowest BCUT2D eigenvalue weighted by atomic mass is 9.86. The number of carboxylic acids is 1. The second-order valence-corrected chi connectivity index (χ2v) is 6.89. The van der Waals surface area contributed by atoms with Gasteiger partial charge in [0, 0.05) is 19.6 Å². The fraction of sp³-hybridized carbons (Fsp3) is 0.579. The number of ether oxygens (including phenoxy) is 1. The zero-order valence-corrected chi connectivity index (χ0v) is 15.1. The van der Waals surface area contributed by atoms with Crippen LogP contribution in [0.5, 0.6) is 0 Å². The Morgan fingerprint density at radius 1 is 1.21 bits per heavy atom. The number of rotatable bonds is 9. The maximum Gasteiger partial charge on any atom is 0.305 e. The summed E-state index contributed by atoms with van der Waals surface area (Å²) in [6.45, 7) is 9.44. The van der Waals surface area contributed by atoms with Crippen LogP contribution in [0.4, 0.5) is 0 Å². The fourth-order valence-corrected chi connectivity index (χ4v) is 2.39. The normalized spacial score (nSPS) is 12.7. The van der Waals surface area contributed by atoms with E-state index in [1.807, 2.05) is 31.2 Å². The second-order valence-electron chi connectivity index (χ2n) is 6.89. The van der Waals surface area contributed by atoms with Gasteiger partial charge in [0.05, 0.1) is 12.5 Å². The molecule has 1 unspecified atom stereocenters. The van der Waals surface area contributed by atoms with Crippen molar-refractivity contribution in [2.45, 2.75) is 58.4 Å². The molecule has 2 N–H and O–H groups in total. The summed E-state index contributed by atoms with van der Waals surface area (Å²) < 4.78 is 5.21. The van der Waals surface area contributed by atoms with E-state index >= 15 is 0 Å². The second kappa shape index (κ2) is 9.42. The number of hydrogen-bond donors (Lipinski definition) is 2. The molecule has 1 aromatic carbocycles. The minimum absolute atomic E-state index is 0.0311. The van der Waals surface area contributed by atoms with Crippen molar-refractivity contribution in [3.63, 3.8) is 0 Å². The average molecular weight is 335 g/mol. The van der Waals surface area contributed by atoms with Gasteiger partial charge in [-0.15, -0.1) is 0 Å². The van der Waals surface area contributed by atoms with E-state index in [0.29, 0.717) is 26.1 Å². The summed E-state index contributed by atoms with van der Waals surface area (Å²) in [5.41, 5.74) is 2.01. The van der Waals surface area contributed by atoms with Crippen LogP contribution in [0.1, 0.15) is 64.1 Å². The van der Waals surface area contributed by atoms with E-state index in [1.54, 1.807) is 0 Å². The SMILES string of the molecule is CCOCCCC(=O)NC(CC(=O)O)c1ccc(C(C)(C)C)cc1. The Labute approximate surface area is 144 Å². The summed E-state index contributed by atoms with van der Waals surface area (Å²) in [7, 11) is 0. The molecule has 0 heterocycles. The number of aliphatic carboxylic acids is 1. The van der Waals surface area contributed by atoms with Crippen LogP contribution < -0.4 is 5.32 Å². The minimum Gasteiger partial charge on any atom is -0.481 e. The molecule has 1 amide bonds. The number of benzene rings is 1. The molecule has 134 valence electrons. The molecule has 1 rings (SSSR count). The number of nitrogens with one attached hydrogen (secondary N) is 1. The molecule has 0 bridgehead atoms. The van der Waals surface area contributed by atoms with Crippen LogP contribution in [0.15, 0.2) is 24.3 Å². The van der Waals surface area contributed by atoms with E-state index in [9.17, 15) is 9.59 Å². The summed E-state index contributed by atoms with van der Waals surface area (Å²) in [5, 5.41) is 11.9. The first-order valence-corrected chi connectivity index (χ1v) is 8.43. The molecule has 0 radical (unpaired) electrons. The van der Waals surface area contributed by atoms with E-state index in [-0.39, 0.29) is 17.7 Å². The van der Waals surface area contributed by atoms with Crippen LogP contribution in [0.25, 0.3) is 0 Å². The Kier molecular flexibility index (Phi) is 7.92. The van der Waals surface area contributed by atoms with E-state index < -0.39 is 12.0 Å². The monoisotopic (exact) mass is 335 g/mol. The molecule has 0 aliphatic heterocycles. The Hall–Kier alpha value is -1.88. The van der Waals surface area contributed by atoms with Crippen molar-refractivity contribution in [2.75, 3.05) is 13.2 Å². The van der Waals surface area contributed by atoms with Crippen molar-refractivity contribution < 1.29 is 19.4 Å². The Balaban J connectivity index is 2.74. The van der Waals surface area contributed by atoms with E-state index in [4.69, 9.17) is 9.84 Å². The number of carboxylic acid groups (broad SMARTS) is 1. The number of carbonyl (C=O) groups is 2. The Morgan fingerprint density at radius 2 is 1.83 bits per heavy atom. The highest BCUT2D eigenvalue weighted by Crippen LogP contribution is 2.25. The van der Waals surface area contributed by atoms with Gasteiger partial charge in [-0.25, -0.2) is 0 Å². The highest BCUT2D eigenvalue weighted by molar-refractivity contribution is 5.77. The topological polar surface area (TPSA) is 75.6 Å². The zero-order chi connectivity index (χ0) is 18.2. The summed E-state index contributed by atoms with van der Waals surface area (Å²) in [6.07, 6.45) is 0.824. The van der Waals surface area contributed by atoms with Crippen molar-refractivity contribution >= 4 is 11.9 Å². The average Bonchev–Trinajstić information content (AvgIpc) is 2.50. The van der Waals surface area contributed by atoms with Gasteiger partial charge >= 0.3 is 5.97 Å². The molecule has 1 atom stereocenters. The maximum absolute atomic E-state index is 12.0. The third kappa shape index (κ3) is 7.13. The van der Waals surface area contributed by atoms with E-state index in [1.165, 1.54) is 5.56 Å². The van der Waals surface area contributed by atoms with Gasteiger partial charge in [-0.05, 0) is 29.9 Å². The molecular weight excluding hydrogens is 306 g/mol. The summed E-state index contributed by atoms with van der Waals surface area (Å²) in [4.78, 5) is 23.2. The molecule has 0 aromatic heterocycles. The quantitative estimate of drug-likeness (QED) is 0.678.